The minimum absolute atomic E-state index is 0.0658. The lowest BCUT2D eigenvalue weighted by atomic mass is 10.2. The Bertz CT molecular complexity index is 1230. The van der Waals surface area contributed by atoms with Crippen molar-refractivity contribution < 1.29 is 9.18 Å². The van der Waals surface area contributed by atoms with Crippen LogP contribution >= 0.6 is 11.6 Å². The van der Waals surface area contributed by atoms with Crippen molar-refractivity contribution in [1.82, 2.24) is 24.5 Å². The van der Waals surface area contributed by atoms with Gasteiger partial charge in [0.15, 0.2) is 11.2 Å². The van der Waals surface area contributed by atoms with Crippen molar-refractivity contribution in [2.75, 3.05) is 5.32 Å². The van der Waals surface area contributed by atoms with Crippen LogP contribution in [0, 0.1) is 5.82 Å². The van der Waals surface area contributed by atoms with Crippen LogP contribution in [0.25, 0.3) is 11.2 Å². The Morgan fingerprint density at radius 3 is 2.55 bits per heavy atom. The lowest BCUT2D eigenvalue weighted by molar-refractivity contribution is -0.116. The smallest absolute Gasteiger partial charge is 0.283 e. The second-order valence-corrected chi connectivity index (χ2v) is 6.71. The molecule has 0 aliphatic carbocycles. The SMILES string of the molecule is O=C(Cn1cnc2c(nnn2Cc2ccc(Cl)cc2)c1=O)Nc1ccc(F)cc1. The normalized spacial score (nSPS) is 11.0. The van der Waals surface area contributed by atoms with E-state index in [0.717, 1.165) is 10.1 Å². The predicted octanol–water partition coefficient (Wildman–Crippen LogP) is 2.47. The van der Waals surface area contributed by atoms with E-state index in [9.17, 15) is 14.0 Å². The van der Waals surface area contributed by atoms with Gasteiger partial charge in [0.2, 0.25) is 5.91 Å². The first-order valence-electron chi connectivity index (χ1n) is 8.58. The fourth-order valence-corrected chi connectivity index (χ4v) is 2.88. The van der Waals surface area contributed by atoms with Gasteiger partial charge < -0.3 is 5.32 Å². The molecule has 0 spiro atoms. The van der Waals surface area contributed by atoms with Crippen LogP contribution in [-0.4, -0.2) is 30.5 Å². The van der Waals surface area contributed by atoms with Crippen molar-refractivity contribution in [3.8, 4) is 0 Å². The number of nitrogens with zero attached hydrogens (tertiary/aromatic N) is 5. The molecular formula is C19H14ClFN6O2. The summed E-state index contributed by atoms with van der Waals surface area (Å²) in [5.41, 5.74) is 1.25. The molecule has 0 saturated heterocycles. The third kappa shape index (κ3) is 4.14. The Morgan fingerprint density at radius 1 is 1.10 bits per heavy atom. The molecule has 0 aliphatic heterocycles. The number of aromatic nitrogens is 5. The molecular weight excluding hydrogens is 399 g/mol. The van der Waals surface area contributed by atoms with Crippen LogP contribution in [0.2, 0.25) is 5.02 Å². The Morgan fingerprint density at radius 2 is 1.83 bits per heavy atom. The third-order valence-corrected chi connectivity index (χ3v) is 4.43. The van der Waals surface area contributed by atoms with E-state index < -0.39 is 17.3 Å². The monoisotopic (exact) mass is 412 g/mol. The predicted molar refractivity (Wildman–Crippen MR) is 105 cm³/mol. The van der Waals surface area contributed by atoms with Crippen molar-refractivity contribution in [2.45, 2.75) is 13.1 Å². The van der Waals surface area contributed by atoms with Crippen LogP contribution in [0.3, 0.4) is 0 Å². The van der Waals surface area contributed by atoms with Crippen molar-refractivity contribution in [1.29, 1.82) is 0 Å². The summed E-state index contributed by atoms with van der Waals surface area (Å²) in [6.45, 7) is 0.109. The topological polar surface area (TPSA) is 94.7 Å². The number of benzene rings is 2. The molecule has 0 fully saturated rings. The van der Waals surface area contributed by atoms with Crippen LogP contribution in [-0.2, 0) is 17.9 Å². The molecule has 2 heterocycles. The fourth-order valence-electron chi connectivity index (χ4n) is 2.76. The number of rotatable bonds is 5. The van der Waals surface area contributed by atoms with E-state index in [4.69, 9.17) is 11.6 Å². The molecule has 2 aromatic carbocycles. The Balaban J connectivity index is 1.53. The van der Waals surface area contributed by atoms with E-state index >= 15 is 0 Å². The lowest BCUT2D eigenvalue weighted by Crippen LogP contribution is -2.28. The molecule has 0 aliphatic rings. The number of hydrogen-bond donors (Lipinski definition) is 1. The highest BCUT2D eigenvalue weighted by molar-refractivity contribution is 6.30. The van der Waals surface area contributed by atoms with Gasteiger partial charge in [-0.15, -0.1) is 5.10 Å². The fraction of sp³-hybridized carbons (Fsp3) is 0.105. The zero-order valence-electron chi connectivity index (χ0n) is 14.9. The van der Waals surface area contributed by atoms with Crippen LogP contribution in [0.15, 0.2) is 59.7 Å². The molecule has 8 nitrogen and oxygen atoms in total. The largest absolute Gasteiger partial charge is 0.325 e. The van der Waals surface area contributed by atoms with Gasteiger partial charge in [-0.05, 0) is 42.0 Å². The number of anilines is 1. The van der Waals surface area contributed by atoms with Crippen molar-refractivity contribution in [2.24, 2.45) is 0 Å². The third-order valence-electron chi connectivity index (χ3n) is 4.18. The Labute approximate surface area is 168 Å². The summed E-state index contributed by atoms with van der Waals surface area (Å²) in [5.74, 6) is -0.857. The summed E-state index contributed by atoms with van der Waals surface area (Å²) in [5, 5.41) is 11.1. The quantitative estimate of drug-likeness (QED) is 0.543. The van der Waals surface area contributed by atoms with Gasteiger partial charge in [-0.25, -0.2) is 14.1 Å². The number of fused-ring (bicyclic) bond motifs is 1. The number of carbonyl (C=O) groups is 1. The van der Waals surface area contributed by atoms with E-state index in [1.54, 1.807) is 12.1 Å². The molecule has 1 N–H and O–H groups in total. The van der Waals surface area contributed by atoms with Crippen molar-refractivity contribution in [3.63, 3.8) is 0 Å². The van der Waals surface area contributed by atoms with Gasteiger partial charge in [-0.2, -0.15) is 0 Å². The molecule has 4 aromatic rings. The standard InChI is InChI=1S/C19H14ClFN6O2/c20-13-3-1-12(2-4-13)9-27-18-17(24-25-27)19(29)26(11-22-18)10-16(28)23-15-7-5-14(21)6-8-15/h1-8,11H,9-10H2,(H,23,28). The Kier molecular flexibility index (Phi) is 5.05. The van der Waals surface area contributed by atoms with E-state index in [1.807, 2.05) is 12.1 Å². The molecule has 146 valence electrons. The average Bonchev–Trinajstić information content (AvgIpc) is 3.11. The first-order valence-corrected chi connectivity index (χ1v) is 8.96. The highest BCUT2D eigenvalue weighted by atomic mass is 35.5. The molecule has 10 heteroatoms. The van der Waals surface area contributed by atoms with Gasteiger partial charge in [0.05, 0.1) is 6.54 Å². The van der Waals surface area contributed by atoms with Crippen LogP contribution < -0.4 is 10.9 Å². The zero-order chi connectivity index (χ0) is 20.4. The average molecular weight is 413 g/mol. The molecule has 4 rings (SSSR count). The van der Waals surface area contributed by atoms with Gasteiger partial charge in [-0.1, -0.05) is 28.9 Å². The van der Waals surface area contributed by atoms with Gasteiger partial charge in [0, 0.05) is 10.7 Å². The van der Waals surface area contributed by atoms with Gasteiger partial charge in [-0.3, -0.25) is 14.2 Å². The number of carbonyl (C=O) groups excluding carboxylic acids is 1. The van der Waals surface area contributed by atoms with Crippen LogP contribution in [0.1, 0.15) is 5.56 Å². The summed E-state index contributed by atoms with van der Waals surface area (Å²) in [7, 11) is 0. The highest BCUT2D eigenvalue weighted by Crippen LogP contribution is 2.12. The minimum atomic E-state index is -0.480. The van der Waals surface area contributed by atoms with Gasteiger partial charge in [0.1, 0.15) is 18.7 Å². The number of halogens is 2. The summed E-state index contributed by atoms with van der Waals surface area (Å²) >= 11 is 5.89. The number of hydrogen-bond acceptors (Lipinski definition) is 5. The Hall–Kier alpha value is -3.59. The van der Waals surface area contributed by atoms with Gasteiger partial charge >= 0.3 is 0 Å². The summed E-state index contributed by atoms with van der Waals surface area (Å²) in [4.78, 5) is 29.0. The minimum Gasteiger partial charge on any atom is -0.325 e. The van der Waals surface area contributed by atoms with Crippen LogP contribution in [0.4, 0.5) is 10.1 Å². The van der Waals surface area contributed by atoms with E-state index in [-0.39, 0.29) is 12.1 Å². The first kappa shape index (κ1) is 18.8. The second-order valence-electron chi connectivity index (χ2n) is 6.28. The van der Waals surface area contributed by atoms with E-state index in [2.05, 4.69) is 20.6 Å². The maximum atomic E-state index is 12.9. The highest BCUT2D eigenvalue weighted by Gasteiger charge is 2.14. The van der Waals surface area contributed by atoms with E-state index in [1.165, 1.54) is 35.3 Å². The maximum absolute atomic E-state index is 12.9. The number of amides is 1. The molecule has 0 bridgehead atoms. The van der Waals surface area contributed by atoms with Crippen molar-refractivity contribution in [3.05, 3.63) is 81.6 Å². The maximum Gasteiger partial charge on any atom is 0.283 e. The molecule has 29 heavy (non-hydrogen) atoms. The zero-order valence-corrected chi connectivity index (χ0v) is 15.7. The first-order chi connectivity index (χ1) is 14.0. The molecule has 2 aromatic heterocycles. The molecule has 0 unspecified atom stereocenters. The number of nitrogens with one attached hydrogen (secondary N) is 1. The van der Waals surface area contributed by atoms with Crippen LogP contribution in [0.5, 0.6) is 0 Å². The molecule has 0 saturated carbocycles. The molecule has 0 radical (unpaired) electrons. The second kappa shape index (κ2) is 7.80. The van der Waals surface area contributed by atoms with E-state index in [0.29, 0.717) is 22.9 Å². The lowest BCUT2D eigenvalue weighted by Gasteiger charge is -2.07. The van der Waals surface area contributed by atoms with Gasteiger partial charge in [0.25, 0.3) is 5.56 Å². The van der Waals surface area contributed by atoms with Crippen molar-refractivity contribution >= 4 is 34.4 Å². The summed E-state index contributed by atoms with van der Waals surface area (Å²) in [6, 6.07) is 12.5. The molecule has 1 amide bonds. The summed E-state index contributed by atoms with van der Waals surface area (Å²) in [6.07, 6.45) is 1.27. The summed E-state index contributed by atoms with van der Waals surface area (Å²) < 4.78 is 15.6. The molecule has 0 atom stereocenters.